The number of hydrogen-bond donors (Lipinski definition) is 1. The molecule has 3 rings (SSSR count). The number of piperazine rings is 1. The van der Waals surface area contributed by atoms with Crippen LogP contribution in [0.2, 0.25) is 10.0 Å². The SMILES string of the molecule is CCCS(=O)(=O)N1CCN(C2(CNC(=O)c3c(Cl)ccc(C(F)(F)F)c3Cl)CCC(F)(F)CC2)CC1. The van der Waals surface area contributed by atoms with E-state index in [0.29, 0.717) is 12.5 Å². The van der Waals surface area contributed by atoms with E-state index in [2.05, 4.69) is 5.32 Å². The minimum atomic E-state index is -4.80. The quantitative estimate of drug-likeness (QED) is 0.459. The first-order valence-electron chi connectivity index (χ1n) is 11.6. The van der Waals surface area contributed by atoms with Gasteiger partial charge < -0.3 is 5.32 Å². The van der Waals surface area contributed by atoms with Crippen LogP contribution in [0.5, 0.6) is 0 Å². The van der Waals surface area contributed by atoms with E-state index in [1.54, 1.807) is 6.92 Å². The van der Waals surface area contributed by atoms with Gasteiger partial charge in [0.15, 0.2) is 0 Å². The summed E-state index contributed by atoms with van der Waals surface area (Å²) in [4.78, 5) is 14.8. The summed E-state index contributed by atoms with van der Waals surface area (Å²) < 4.78 is 94.0. The molecule has 0 radical (unpaired) electrons. The first-order chi connectivity index (χ1) is 16.6. The highest BCUT2D eigenvalue weighted by atomic mass is 35.5. The Morgan fingerprint density at radius 2 is 1.64 bits per heavy atom. The number of nitrogens with one attached hydrogen (secondary N) is 1. The molecule has 0 unspecified atom stereocenters. The van der Waals surface area contributed by atoms with E-state index >= 15 is 0 Å². The van der Waals surface area contributed by atoms with Gasteiger partial charge in [-0.2, -0.15) is 17.5 Å². The molecule has 1 aromatic carbocycles. The first-order valence-corrected chi connectivity index (χ1v) is 13.9. The number of amides is 1. The van der Waals surface area contributed by atoms with E-state index < -0.39 is 62.6 Å². The van der Waals surface area contributed by atoms with Crippen LogP contribution in [-0.2, 0) is 16.2 Å². The number of hydrogen-bond acceptors (Lipinski definition) is 4. The maximum absolute atomic E-state index is 14.0. The van der Waals surface area contributed by atoms with Crippen LogP contribution in [0, 0.1) is 0 Å². The van der Waals surface area contributed by atoms with E-state index in [1.807, 2.05) is 4.90 Å². The molecule has 6 nitrogen and oxygen atoms in total. The van der Waals surface area contributed by atoms with Crippen molar-refractivity contribution in [1.82, 2.24) is 14.5 Å². The number of sulfonamides is 1. The summed E-state index contributed by atoms with van der Waals surface area (Å²) in [6.45, 7) is 2.54. The van der Waals surface area contributed by atoms with Crippen LogP contribution in [-0.4, -0.2) is 73.5 Å². The Balaban J connectivity index is 1.80. The average molecular weight is 580 g/mol. The van der Waals surface area contributed by atoms with Crippen molar-refractivity contribution in [3.8, 4) is 0 Å². The molecule has 2 fully saturated rings. The molecular weight excluding hydrogens is 552 g/mol. The van der Waals surface area contributed by atoms with Gasteiger partial charge in [-0.25, -0.2) is 17.2 Å². The first kappa shape index (κ1) is 29.3. The summed E-state index contributed by atoms with van der Waals surface area (Å²) >= 11 is 11.9. The molecule has 0 atom stereocenters. The fourth-order valence-electron chi connectivity index (χ4n) is 4.83. The molecular formula is C22H28Cl2F5N3O3S. The molecule has 1 aliphatic heterocycles. The number of halogens is 7. The Hall–Kier alpha value is -1.21. The van der Waals surface area contributed by atoms with Crippen molar-refractivity contribution in [3.63, 3.8) is 0 Å². The Morgan fingerprint density at radius 3 is 2.17 bits per heavy atom. The minimum Gasteiger partial charge on any atom is -0.350 e. The fraction of sp³-hybridized carbons (Fsp3) is 0.682. The summed E-state index contributed by atoms with van der Waals surface area (Å²) in [7, 11) is -3.42. The van der Waals surface area contributed by atoms with Crippen LogP contribution >= 0.6 is 23.2 Å². The van der Waals surface area contributed by atoms with E-state index in [4.69, 9.17) is 23.2 Å². The molecule has 1 amide bonds. The lowest BCUT2D eigenvalue weighted by Crippen LogP contribution is -2.63. The van der Waals surface area contributed by atoms with Crippen molar-refractivity contribution >= 4 is 39.1 Å². The van der Waals surface area contributed by atoms with Crippen LogP contribution < -0.4 is 5.32 Å². The predicted molar refractivity (Wildman–Crippen MR) is 127 cm³/mol. The smallest absolute Gasteiger partial charge is 0.350 e. The van der Waals surface area contributed by atoms with E-state index in [0.717, 1.165) is 6.07 Å². The average Bonchev–Trinajstić information content (AvgIpc) is 2.78. The third kappa shape index (κ3) is 6.43. The lowest BCUT2D eigenvalue weighted by Gasteiger charge is -2.50. The lowest BCUT2D eigenvalue weighted by molar-refractivity contribution is -0.137. The van der Waals surface area contributed by atoms with Gasteiger partial charge in [0.1, 0.15) is 0 Å². The molecule has 1 aromatic rings. The maximum atomic E-state index is 14.0. The van der Waals surface area contributed by atoms with Gasteiger partial charge in [0.2, 0.25) is 15.9 Å². The molecule has 1 saturated carbocycles. The van der Waals surface area contributed by atoms with Gasteiger partial charge in [0.25, 0.3) is 5.91 Å². The van der Waals surface area contributed by atoms with Crippen LogP contribution in [0.1, 0.15) is 54.9 Å². The molecule has 1 aliphatic carbocycles. The zero-order chi connectivity index (χ0) is 26.9. The number of nitrogens with zero attached hydrogens (tertiary/aromatic N) is 2. The maximum Gasteiger partial charge on any atom is 0.417 e. The summed E-state index contributed by atoms with van der Waals surface area (Å²) in [6, 6.07) is 1.61. The number of carbonyl (C=O) groups excluding carboxylic acids is 1. The lowest BCUT2D eigenvalue weighted by atomic mass is 9.78. The minimum absolute atomic E-state index is 0.0128. The normalized spacial score (nSPS) is 21.3. The Morgan fingerprint density at radius 1 is 1.06 bits per heavy atom. The molecule has 0 bridgehead atoms. The van der Waals surface area contributed by atoms with Gasteiger partial charge in [-0.1, -0.05) is 30.1 Å². The number of carbonyl (C=O) groups is 1. The second kappa shape index (κ2) is 10.9. The van der Waals surface area contributed by atoms with Gasteiger partial charge in [-0.15, -0.1) is 0 Å². The van der Waals surface area contributed by atoms with Crippen LogP contribution in [0.4, 0.5) is 22.0 Å². The molecule has 1 saturated heterocycles. The van der Waals surface area contributed by atoms with Gasteiger partial charge in [-0.3, -0.25) is 9.69 Å². The molecule has 36 heavy (non-hydrogen) atoms. The third-order valence-corrected chi connectivity index (χ3v) is 9.66. The van der Waals surface area contributed by atoms with Crippen molar-refractivity contribution in [3.05, 3.63) is 33.3 Å². The zero-order valence-electron chi connectivity index (χ0n) is 19.6. The summed E-state index contributed by atoms with van der Waals surface area (Å²) in [5.41, 5.74) is -2.67. The highest BCUT2D eigenvalue weighted by Crippen LogP contribution is 2.42. The van der Waals surface area contributed by atoms with Crippen molar-refractivity contribution in [2.24, 2.45) is 0 Å². The summed E-state index contributed by atoms with van der Waals surface area (Å²) in [5.74, 6) is -3.80. The van der Waals surface area contributed by atoms with Crippen molar-refractivity contribution in [2.75, 3.05) is 38.5 Å². The topological polar surface area (TPSA) is 69.7 Å². The standard InChI is InChI=1S/C22H28Cl2F5N3O3S/c1-2-13-36(34,35)32-11-9-31(10-12-32)20(5-7-21(25,26)8-6-20)14-30-19(33)17-16(23)4-3-15(18(17)24)22(27,28)29/h3-4H,2,5-14H2,1H3,(H,30,33). The molecule has 204 valence electrons. The van der Waals surface area contributed by atoms with Gasteiger partial charge in [0.05, 0.1) is 26.9 Å². The second-order valence-electron chi connectivity index (χ2n) is 9.25. The third-order valence-electron chi connectivity index (χ3n) is 6.88. The van der Waals surface area contributed by atoms with Gasteiger partial charge in [-0.05, 0) is 31.4 Å². The number of benzene rings is 1. The van der Waals surface area contributed by atoms with Crippen LogP contribution in [0.3, 0.4) is 0 Å². The number of rotatable bonds is 7. The molecule has 0 aromatic heterocycles. The Kier molecular flexibility index (Phi) is 8.87. The second-order valence-corrected chi connectivity index (χ2v) is 12.1. The van der Waals surface area contributed by atoms with Gasteiger partial charge >= 0.3 is 6.18 Å². The van der Waals surface area contributed by atoms with Crippen LogP contribution in [0.25, 0.3) is 0 Å². The van der Waals surface area contributed by atoms with Crippen molar-refractivity contribution < 1.29 is 35.2 Å². The Labute approximate surface area is 217 Å². The van der Waals surface area contributed by atoms with E-state index in [-0.39, 0.29) is 56.3 Å². The van der Waals surface area contributed by atoms with Crippen molar-refractivity contribution in [2.45, 2.75) is 56.7 Å². The highest BCUT2D eigenvalue weighted by molar-refractivity contribution is 7.89. The molecule has 1 N–H and O–H groups in total. The van der Waals surface area contributed by atoms with E-state index in [1.165, 1.54) is 4.31 Å². The van der Waals surface area contributed by atoms with E-state index in [9.17, 15) is 35.2 Å². The monoisotopic (exact) mass is 579 g/mol. The zero-order valence-corrected chi connectivity index (χ0v) is 21.9. The van der Waals surface area contributed by atoms with Crippen molar-refractivity contribution in [1.29, 1.82) is 0 Å². The largest absolute Gasteiger partial charge is 0.417 e. The summed E-state index contributed by atoms with van der Waals surface area (Å²) in [5, 5.41) is 1.45. The molecule has 0 spiro atoms. The molecule has 14 heteroatoms. The summed E-state index contributed by atoms with van der Waals surface area (Å²) in [6.07, 6.45) is -5.15. The van der Waals surface area contributed by atoms with Crippen LogP contribution in [0.15, 0.2) is 12.1 Å². The van der Waals surface area contributed by atoms with Gasteiger partial charge in [0, 0.05) is 51.1 Å². The molecule has 2 aliphatic rings. The number of alkyl halides is 5. The highest BCUT2D eigenvalue weighted by Gasteiger charge is 2.48. The molecule has 1 heterocycles. The fourth-order valence-corrected chi connectivity index (χ4v) is 6.97. The Bertz CT molecular complexity index is 1070. The predicted octanol–water partition coefficient (Wildman–Crippen LogP) is 5.05.